The molecule has 23 heavy (non-hydrogen) atoms. The van der Waals surface area contributed by atoms with E-state index in [-0.39, 0.29) is 5.91 Å². The first kappa shape index (κ1) is 17.9. The number of rotatable bonds is 7. The van der Waals surface area contributed by atoms with Crippen molar-refractivity contribution in [3.63, 3.8) is 0 Å². The predicted octanol–water partition coefficient (Wildman–Crippen LogP) is 1.65. The lowest BCUT2D eigenvalue weighted by Gasteiger charge is -2.31. The van der Waals surface area contributed by atoms with E-state index in [1.54, 1.807) is 0 Å². The largest absolute Gasteiger partial charge is 0.381 e. The van der Waals surface area contributed by atoms with E-state index in [0.717, 1.165) is 25.2 Å². The van der Waals surface area contributed by atoms with Crippen LogP contribution in [0.2, 0.25) is 0 Å². The normalized spacial score (nSPS) is 17.2. The van der Waals surface area contributed by atoms with Crippen LogP contribution in [-0.2, 0) is 22.6 Å². The number of carbonyl (C=O) groups excluding carboxylic acids is 1. The lowest BCUT2D eigenvalue weighted by atomic mass is 9.90. The van der Waals surface area contributed by atoms with Crippen molar-refractivity contribution in [2.45, 2.75) is 45.3 Å². The van der Waals surface area contributed by atoms with Crippen LogP contribution in [0.5, 0.6) is 0 Å². The summed E-state index contributed by atoms with van der Waals surface area (Å²) >= 11 is 0. The van der Waals surface area contributed by atoms with Gasteiger partial charge in [0.05, 0.1) is 5.54 Å². The van der Waals surface area contributed by atoms with E-state index < -0.39 is 5.54 Å². The predicted molar refractivity (Wildman–Crippen MR) is 91.9 cm³/mol. The molecule has 1 amide bonds. The van der Waals surface area contributed by atoms with Gasteiger partial charge < -0.3 is 15.8 Å². The Hall–Kier alpha value is -1.43. The quantitative estimate of drug-likeness (QED) is 0.802. The van der Waals surface area contributed by atoms with Crippen molar-refractivity contribution in [1.82, 2.24) is 10.2 Å². The standard InChI is InChI=1S/C18H29N3O2/c1-3-21(4-2)14-16-7-5-15(6-8-16)13-20-17(22)18(19)9-11-23-12-10-18/h5-8H,3-4,9-14,19H2,1-2H3,(H,20,22). The zero-order valence-corrected chi connectivity index (χ0v) is 14.3. The summed E-state index contributed by atoms with van der Waals surface area (Å²) in [4.78, 5) is 14.7. The molecule has 0 aliphatic carbocycles. The topological polar surface area (TPSA) is 67.6 Å². The van der Waals surface area contributed by atoms with E-state index in [4.69, 9.17) is 10.5 Å². The molecule has 1 aromatic carbocycles. The lowest BCUT2D eigenvalue weighted by molar-refractivity contribution is -0.129. The summed E-state index contributed by atoms with van der Waals surface area (Å²) in [7, 11) is 0. The lowest BCUT2D eigenvalue weighted by Crippen LogP contribution is -2.56. The van der Waals surface area contributed by atoms with E-state index in [0.29, 0.717) is 32.6 Å². The van der Waals surface area contributed by atoms with Crippen molar-refractivity contribution in [2.75, 3.05) is 26.3 Å². The number of ether oxygens (including phenoxy) is 1. The third-order valence-corrected chi connectivity index (χ3v) is 4.61. The zero-order chi connectivity index (χ0) is 16.7. The Morgan fingerprint density at radius 2 is 1.74 bits per heavy atom. The van der Waals surface area contributed by atoms with Crippen LogP contribution >= 0.6 is 0 Å². The summed E-state index contributed by atoms with van der Waals surface area (Å²) in [6, 6.07) is 8.41. The second-order valence-corrected chi connectivity index (χ2v) is 6.23. The highest BCUT2D eigenvalue weighted by Crippen LogP contribution is 2.18. The summed E-state index contributed by atoms with van der Waals surface area (Å²) < 4.78 is 5.28. The van der Waals surface area contributed by atoms with Crippen LogP contribution in [0.15, 0.2) is 24.3 Å². The van der Waals surface area contributed by atoms with Crippen LogP contribution in [0.25, 0.3) is 0 Å². The second-order valence-electron chi connectivity index (χ2n) is 6.23. The van der Waals surface area contributed by atoms with Gasteiger partial charge in [-0.15, -0.1) is 0 Å². The van der Waals surface area contributed by atoms with Gasteiger partial charge in [0.25, 0.3) is 0 Å². The molecule has 0 radical (unpaired) electrons. The van der Waals surface area contributed by atoms with E-state index in [9.17, 15) is 4.79 Å². The molecule has 1 fully saturated rings. The molecule has 128 valence electrons. The Labute approximate surface area is 139 Å². The highest BCUT2D eigenvalue weighted by Gasteiger charge is 2.35. The zero-order valence-electron chi connectivity index (χ0n) is 14.3. The Morgan fingerprint density at radius 1 is 1.17 bits per heavy atom. The molecular weight excluding hydrogens is 290 g/mol. The molecule has 3 N–H and O–H groups in total. The highest BCUT2D eigenvalue weighted by molar-refractivity contribution is 5.86. The smallest absolute Gasteiger partial charge is 0.240 e. The van der Waals surface area contributed by atoms with Gasteiger partial charge in [-0.3, -0.25) is 9.69 Å². The molecule has 0 unspecified atom stereocenters. The number of carbonyl (C=O) groups is 1. The molecule has 2 rings (SSSR count). The average molecular weight is 319 g/mol. The number of nitrogens with zero attached hydrogens (tertiary/aromatic N) is 1. The average Bonchev–Trinajstić information content (AvgIpc) is 2.59. The fourth-order valence-electron chi connectivity index (χ4n) is 2.79. The van der Waals surface area contributed by atoms with Crippen molar-refractivity contribution < 1.29 is 9.53 Å². The number of hydrogen-bond donors (Lipinski definition) is 2. The second kappa shape index (κ2) is 8.43. The van der Waals surface area contributed by atoms with E-state index >= 15 is 0 Å². The van der Waals surface area contributed by atoms with E-state index in [1.165, 1.54) is 5.56 Å². The molecule has 0 atom stereocenters. The van der Waals surface area contributed by atoms with Gasteiger partial charge in [0, 0.05) is 26.3 Å². The molecule has 0 spiro atoms. The number of amides is 1. The van der Waals surface area contributed by atoms with Crippen molar-refractivity contribution in [1.29, 1.82) is 0 Å². The molecule has 1 saturated heterocycles. The summed E-state index contributed by atoms with van der Waals surface area (Å²) in [6.07, 6.45) is 1.17. The SMILES string of the molecule is CCN(CC)Cc1ccc(CNC(=O)C2(N)CCOCC2)cc1. The van der Waals surface area contributed by atoms with Crippen LogP contribution in [0.1, 0.15) is 37.8 Å². The molecule has 1 heterocycles. The number of hydrogen-bond acceptors (Lipinski definition) is 4. The van der Waals surface area contributed by atoms with Gasteiger partial charge in [0.2, 0.25) is 5.91 Å². The minimum absolute atomic E-state index is 0.0759. The van der Waals surface area contributed by atoms with Crippen molar-refractivity contribution >= 4 is 5.91 Å². The Balaban J connectivity index is 1.85. The first-order valence-electron chi connectivity index (χ1n) is 8.52. The Morgan fingerprint density at radius 3 is 2.30 bits per heavy atom. The van der Waals surface area contributed by atoms with Gasteiger partial charge in [0.1, 0.15) is 0 Å². The Kier molecular flexibility index (Phi) is 6.57. The van der Waals surface area contributed by atoms with Gasteiger partial charge in [-0.05, 0) is 37.1 Å². The summed E-state index contributed by atoms with van der Waals surface area (Å²) in [5.74, 6) is -0.0759. The molecule has 0 saturated carbocycles. The minimum Gasteiger partial charge on any atom is -0.381 e. The third kappa shape index (κ3) is 5.03. The van der Waals surface area contributed by atoms with Crippen molar-refractivity contribution in [2.24, 2.45) is 5.73 Å². The highest BCUT2D eigenvalue weighted by atomic mass is 16.5. The van der Waals surface area contributed by atoms with Crippen LogP contribution in [0.3, 0.4) is 0 Å². The van der Waals surface area contributed by atoms with Gasteiger partial charge in [-0.2, -0.15) is 0 Å². The van der Waals surface area contributed by atoms with Gasteiger partial charge in [-0.1, -0.05) is 38.1 Å². The number of nitrogens with two attached hydrogens (primary N) is 1. The molecule has 0 bridgehead atoms. The summed E-state index contributed by atoms with van der Waals surface area (Å²) in [5, 5.41) is 2.96. The molecule has 0 aromatic heterocycles. The maximum Gasteiger partial charge on any atom is 0.240 e. The van der Waals surface area contributed by atoms with Gasteiger partial charge in [-0.25, -0.2) is 0 Å². The summed E-state index contributed by atoms with van der Waals surface area (Å²) in [6.45, 7) is 9.05. The van der Waals surface area contributed by atoms with Crippen molar-refractivity contribution in [3.05, 3.63) is 35.4 Å². The molecule has 1 aliphatic heterocycles. The summed E-state index contributed by atoms with van der Waals surface area (Å²) in [5.41, 5.74) is 7.79. The molecule has 1 aromatic rings. The molecule has 1 aliphatic rings. The number of benzene rings is 1. The van der Waals surface area contributed by atoms with Crippen LogP contribution in [-0.4, -0.2) is 42.6 Å². The Bertz CT molecular complexity index is 491. The van der Waals surface area contributed by atoms with Crippen molar-refractivity contribution in [3.8, 4) is 0 Å². The molecular formula is C18H29N3O2. The molecule has 5 heteroatoms. The van der Waals surface area contributed by atoms with Crippen LogP contribution in [0.4, 0.5) is 0 Å². The van der Waals surface area contributed by atoms with Gasteiger partial charge in [0.15, 0.2) is 0 Å². The van der Waals surface area contributed by atoms with E-state index in [2.05, 4.69) is 48.3 Å². The first-order valence-corrected chi connectivity index (χ1v) is 8.52. The van der Waals surface area contributed by atoms with Crippen LogP contribution in [0, 0.1) is 0 Å². The third-order valence-electron chi connectivity index (χ3n) is 4.61. The fourth-order valence-corrected chi connectivity index (χ4v) is 2.79. The maximum atomic E-state index is 12.3. The van der Waals surface area contributed by atoms with Crippen LogP contribution < -0.4 is 11.1 Å². The minimum atomic E-state index is -0.777. The number of nitrogens with one attached hydrogen (secondary N) is 1. The maximum absolute atomic E-state index is 12.3. The monoisotopic (exact) mass is 319 g/mol. The first-order chi connectivity index (χ1) is 11.1. The van der Waals surface area contributed by atoms with Gasteiger partial charge >= 0.3 is 0 Å². The van der Waals surface area contributed by atoms with E-state index in [1.807, 2.05) is 0 Å². The fraction of sp³-hybridized carbons (Fsp3) is 0.611. The molecule has 5 nitrogen and oxygen atoms in total.